The molecule has 1 heterocycles. The lowest BCUT2D eigenvalue weighted by Gasteiger charge is -2.07. The van der Waals surface area contributed by atoms with Crippen LogP contribution in [-0.2, 0) is 16.4 Å². The number of nitrogens with one attached hydrogen (secondary N) is 1. The minimum Gasteiger partial charge on any atom is -0.288 e. The van der Waals surface area contributed by atoms with E-state index in [1.54, 1.807) is 11.4 Å². The Labute approximate surface area is 163 Å². The Morgan fingerprint density at radius 3 is 2.38 bits per heavy atom. The number of benzene rings is 1. The zero-order chi connectivity index (χ0) is 18.0. The summed E-state index contributed by atoms with van der Waals surface area (Å²) in [5.41, 5.74) is 0.774. The molecule has 10 heteroatoms. The van der Waals surface area contributed by atoms with Gasteiger partial charge in [-0.05, 0) is 47.7 Å². The van der Waals surface area contributed by atoms with Crippen molar-refractivity contribution in [2.75, 3.05) is 6.54 Å². The summed E-state index contributed by atoms with van der Waals surface area (Å²) in [5, 5.41) is 2.18. The number of ketones is 1. The Morgan fingerprint density at radius 1 is 1.17 bits per heavy atom. The molecule has 0 aliphatic heterocycles. The highest BCUT2D eigenvalue weighted by Gasteiger charge is 2.32. The van der Waals surface area contributed by atoms with E-state index in [1.165, 1.54) is 24.3 Å². The maximum Gasteiger partial charge on any atom is 0.254 e. The van der Waals surface area contributed by atoms with Crippen LogP contribution in [0.5, 0.6) is 0 Å². The van der Waals surface area contributed by atoms with Crippen LogP contribution in [0.15, 0.2) is 40.6 Å². The Kier molecular flexibility index (Phi) is 6.58. The van der Waals surface area contributed by atoms with Gasteiger partial charge in [-0.15, -0.1) is 11.3 Å². The van der Waals surface area contributed by atoms with Gasteiger partial charge in [0.2, 0.25) is 15.8 Å². The lowest BCUT2D eigenvalue weighted by atomic mass is 10.2. The smallest absolute Gasteiger partial charge is 0.254 e. The van der Waals surface area contributed by atoms with Crippen LogP contribution in [0.2, 0.25) is 5.02 Å². The second kappa shape index (κ2) is 7.91. The van der Waals surface area contributed by atoms with Crippen molar-refractivity contribution in [3.05, 3.63) is 51.2 Å². The number of hydrogen-bond acceptors (Lipinski definition) is 4. The summed E-state index contributed by atoms with van der Waals surface area (Å²) in [6.07, 6.45) is 0.399. The van der Waals surface area contributed by atoms with Crippen LogP contribution in [0, 0.1) is 0 Å². The fourth-order valence-electron chi connectivity index (χ4n) is 1.79. The molecule has 0 spiro atoms. The third-order valence-corrected chi connectivity index (χ3v) is 6.19. The number of carbonyl (C=O) groups excluding carboxylic acids is 1. The molecular weight excluding hydrogens is 436 g/mol. The Balaban J connectivity index is 1.96. The van der Waals surface area contributed by atoms with Gasteiger partial charge in [-0.1, -0.05) is 46.4 Å². The monoisotopic (exact) mass is 445 g/mol. The van der Waals surface area contributed by atoms with Crippen molar-refractivity contribution >= 4 is 73.5 Å². The molecule has 0 aliphatic rings. The Morgan fingerprint density at radius 2 is 1.79 bits per heavy atom. The fraction of sp³-hybridized carbons (Fsp3) is 0.214. The number of carbonyl (C=O) groups is 1. The second-order valence-electron chi connectivity index (χ2n) is 4.75. The molecule has 1 aromatic carbocycles. The molecular formula is C14H11Cl4NO3S2. The van der Waals surface area contributed by atoms with Crippen LogP contribution in [0.25, 0.3) is 0 Å². The molecule has 0 atom stereocenters. The summed E-state index contributed by atoms with van der Waals surface area (Å²) in [6.45, 7) is 0.170. The van der Waals surface area contributed by atoms with Crippen molar-refractivity contribution in [1.82, 2.24) is 4.72 Å². The topological polar surface area (TPSA) is 63.2 Å². The maximum atomic E-state index is 12.1. The normalized spacial score (nSPS) is 12.3. The number of thiophene rings is 1. The fourth-order valence-corrected chi connectivity index (χ4v) is 4.37. The van der Waals surface area contributed by atoms with E-state index in [-0.39, 0.29) is 11.4 Å². The number of rotatable bonds is 6. The molecule has 130 valence electrons. The summed E-state index contributed by atoms with van der Waals surface area (Å²) in [7, 11) is -3.62. The van der Waals surface area contributed by atoms with Gasteiger partial charge in [0.1, 0.15) is 0 Å². The van der Waals surface area contributed by atoms with Crippen LogP contribution in [0.1, 0.15) is 15.2 Å². The van der Waals surface area contributed by atoms with E-state index in [0.29, 0.717) is 16.3 Å². The number of halogens is 4. The van der Waals surface area contributed by atoms with Crippen LogP contribution in [0.4, 0.5) is 0 Å². The predicted octanol–water partition coefficient (Wildman–Crippen LogP) is 4.48. The summed E-state index contributed by atoms with van der Waals surface area (Å²) in [6, 6.07) is 7.44. The zero-order valence-electron chi connectivity index (χ0n) is 11.9. The minimum atomic E-state index is -3.62. The first kappa shape index (κ1) is 20.0. The highest BCUT2D eigenvalue weighted by atomic mass is 35.6. The molecule has 0 fully saturated rings. The van der Waals surface area contributed by atoms with Gasteiger partial charge < -0.3 is 0 Å². The van der Waals surface area contributed by atoms with E-state index in [4.69, 9.17) is 46.4 Å². The molecule has 0 saturated carbocycles. The van der Waals surface area contributed by atoms with Crippen molar-refractivity contribution < 1.29 is 13.2 Å². The predicted molar refractivity (Wildman–Crippen MR) is 99.3 cm³/mol. The Bertz CT molecular complexity index is 826. The highest BCUT2D eigenvalue weighted by molar-refractivity contribution is 7.89. The molecule has 0 bridgehead atoms. The van der Waals surface area contributed by atoms with Gasteiger partial charge in [-0.2, -0.15) is 0 Å². The molecule has 2 aromatic rings. The van der Waals surface area contributed by atoms with Crippen molar-refractivity contribution in [3.8, 4) is 0 Å². The molecule has 24 heavy (non-hydrogen) atoms. The molecule has 1 aromatic heterocycles. The quantitative estimate of drug-likeness (QED) is 0.525. The summed E-state index contributed by atoms with van der Waals surface area (Å²) in [4.78, 5) is 12.3. The number of sulfonamides is 1. The SMILES string of the molecule is O=C(c1cc(CCNS(=O)(=O)c2ccc(Cl)cc2)cs1)C(Cl)(Cl)Cl. The maximum absolute atomic E-state index is 12.1. The first-order chi connectivity index (χ1) is 11.1. The van der Waals surface area contributed by atoms with Crippen LogP contribution in [-0.4, -0.2) is 24.5 Å². The zero-order valence-corrected chi connectivity index (χ0v) is 16.6. The second-order valence-corrected chi connectivity index (χ2v) is 10.1. The van der Waals surface area contributed by atoms with Gasteiger partial charge in [0.25, 0.3) is 3.79 Å². The van der Waals surface area contributed by atoms with Crippen LogP contribution in [0.3, 0.4) is 0 Å². The average Bonchev–Trinajstić information content (AvgIpc) is 2.94. The number of alkyl halides is 3. The molecule has 0 unspecified atom stereocenters. The summed E-state index contributed by atoms with van der Waals surface area (Å²) < 4.78 is 24.7. The molecule has 2 rings (SSSR count). The van der Waals surface area contributed by atoms with Gasteiger partial charge in [-0.25, -0.2) is 13.1 Å². The van der Waals surface area contributed by atoms with Gasteiger partial charge in [0.15, 0.2) is 0 Å². The third kappa shape index (κ3) is 5.33. The molecule has 1 N–H and O–H groups in total. The largest absolute Gasteiger partial charge is 0.288 e. The van der Waals surface area contributed by atoms with Crippen molar-refractivity contribution in [3.63, 3.8) is 0 Å². The number of Topliss-reactive ketones (excluding diaryl/α,β-unsaturated/α-hetero) is 1. The van der Waals surface area contributed by atoms with Gasteiger partial charge in [0.05, 0.1) is 9.77 Å². The third-order valence-electron chi connectivity index (χ3n) is 2.96. The average molecular weight is 447 g/mol. The van der Waals surface area contributed by atoms with E-state index in [0.717, 1.165) is 16.9 Å². The van der Waals surface area contributed by atoms with Gasteiger partial charge >= 0.3 is 0 Å². The molecule has 4 nitrogen and oxygen atoms in total. The lowest BCUT2D eigenvalue weighted by Crippen LogP contribution is -2.25. The van der Waals surface area contributed by atoms with Gasteiger partial charge in [0, 0.05) is 11.6 Å². The standard InChI is InChI=1S/C14H11Cl4NO3S2/c15-10-1-3-11(4-2-10)24(21,22)19-6-5-9-7-12(23-8-9)13(20)14(16,17)18/h1-4,7-8,19H,5-6H2. The van der Waals surface area contributed by atoms with E-state index in [9.17, 15) is 13.2 Å². The van der Waals surface area contributed by atoms with E-state index < -0.39 is 19.6 Å². The molecule has 0 radical (unpaired) electrons. The molecule has 0 aliphatic carbocycles. The first-order valence-electron chi connectivity index (χ1n) is 6.54. The number of hydrogen-bond donors (Lipinski definition) is 1. The van der Waals surface area contributed by atoms with E-state index >= 15 is 0 Å². The van der Waals surface area contributed by atoms with Crippen molar-refractivity contribution in [1.29, 1.82) is 0 Å². The van der Waals surface area contributed by atoms with Crippen molar-refractivity contribution in [2.24, 2.45) is 0 Å². The van der Waals surface area contributed by atoms with Crippen LogP contribution < -0.4 is 4.72 Å². The minimum absolute atomic E-state index is 0.129. The summed E-state index contributed by atoms with van der Waals surface area (Å²) >= 11 is 23.6. The first-order valence-corrected chi connectivity index (χ1v) is 10.4. The van der Waals surface area contributed by atoms with E-state index in [1.807, 2.05) is 0 Å². The highest BCUT2D eigenvalue weighted by Crippen LogP contribution is 2.32. The van der Waals surface area contributed by atoms with Gasteiger partial charge in [-0.3, -0.25) is 4.79 Å². The molecule has 0 saturated heterocycles. The van der Waals surface area contributed by atoms with E-state index in [2.05, 4.69) is 4.72 Å². The molecule has 0 amide bonds. The van der Waals surface area contributed by atoms with Crippen LogP contribution >= 0.6 is 57.7 Å². The lowest BCUT2D eigenvalue weighted by molar-refractivity contribution is 0.1000. The Hall–Kier alpha value is -0.340. The summed E-state index contributed by atoms with van der Waals surface area (Å²) in [5.74, 6) is -0.606. The van der Waals surface area contributed by atoms with Crippen molar-refractivity contribution in [2.45, 2.75) is 15.1 Å².